The standard InChI is InChI=1S/C14H8BrCl2NO/c15-11-3-2-10(12(16)6-11)8-19-14-4-1-9(7-18)5-13(14)17/h1-6H,8H2. The molecule has 2 nitrogen and oxygen atoms in total. The van der Waals surface area contributed by atoms with E-state index in [4.69, 9.17) is 33.2 Å². The Balaban J connectivity index is 2.13. The number of hydrogen-bond donors (Lipinski definition) is 0. The Labute approximate surface area is 129 Å². The molecule has 2 aromatic carbocycles. The highest BCUT2D eigenvalue weighted by atomic mass is 79.9. The van der Waals surface area contributed by atoms with Crippen molar-refractivity contribution in [2.45, 2.75) is 6.61 Å². The van der Waals surface area contributed by atoms with Gasteiger partial charge in [0.25, 0.3) is 0 Å². The maximum atomic E-state index is 8.75. The minimum atomic E-state index is 0.317. The molecule has 0 aliphatic carbocycles. The highest BCUT2D eigenvalue weighted by molar-refractivity contribution is 9.10. The van der Waals surface area contributed by atoms with Crippen molar-refractivity contribution in [2.24, 2.45) is 0 Å². The van der Waals surface area contributed by atoms with E-state index in [9.17, 15) is 0 Å². The first kappa shape index (κ1) is 14.2. The number of hydrogen-bond acceptors (Lipinski definition) is 2. The molecule has 0 amide bonds. The van der Waals surface area contributed by atoms with Crippen LogP contribution < -0.4 is 4.74 Å². The number of benzene rings is 2. The molecule has 0 aliphatic rings. The molecule has 0 aliphatic heterocycles. The molecular weight excluding hydrogens is 349 g/mol. The van der Waals surface area contributed by atoms with E-state index in [1.54, 1.807) is 24.3 Å². The third-order valence-electron chi connectivity index (χ3n) is 2.46. The SMILES string of the molecule is N#Cc1ccc(OCc2ccc(Br)cc2Cl)c(Cl)c1. The van der Waals surface area contributed by atoms with Crippen LogP contribution in [0, 0.1) is 11.3 Å². The van der Waals surface area contributed by atoms with E-state index in [0.717, 1.165) is 10.0 Å². The zero-order valence-corrected chi connectivity index (χ0v) is 12.8. The van der Waals surface area contributed by atoms with Crippen molar-refractivity contribution in [3.63, 3.8) is 0 Å². The Morgan fingerprint density at radius 1 is 1.11 bits per heavy atom. The summed E-state index contributed by atoms with van der Waals surface area (Å²) in [5.74, 6) is 0.527. The van der Waals surface area contributed by atoms with Crippen LogP contribution in [-0.2, 0) is 6.61 Å². The van der Waals surface area contributed by atoms with E-state index in [0.29, 0.717) is 28.0 Å². The molecule has 0 saturated heterocycles. The quantitative estimate of drug-likeness (QED) is 0.756. The number of rotatable bonds is 3. The molecule has 19 heavy (non-hydrogen) atoms. The molecule has 96 valence electrons. The second-order valence-electron chi connectivity index (χ2n) is 3.78. The van der Waals surface area contributed by atoms with Gasteiger partial charge in [0.05, 0.1) is 16.7 Å². The third kappa shape index (κ3) is 3.63. The largest absolute Gasteiger partial charge is 0.487 e. The molecule has 2 rings (SSSR count). The van der Waals surface area contributed by atoms with Gasteiger partial charge in [-0.05, 0) is 30.3 Å². The number of nitrogens with zero attached hydrogens (tertiary/aromatic N) is 1. The van der Waals surface area contributed by atoms with E-state index < -0.39 is 0 Å². The van der Waals surface area contributed by atoms with Crippen molar-refractivity contribution in [1.29, 1.82) is 5.26 Å². The van der Waals surface area contributed by atoms with Crippen molar-refractivity contribution in [3.05, 3.63) is 62.0 Å². The Bertz CT molecular complexity index is 652. The zero-order valence-electron chi connectivity index (χ0n) is 9.66. The average Bonchev–Trinajstić information content (AvgIpc) is 2.39. The van der Waals surface area contributed by atoms with Gasteiger partial charge in [0, 0.05) is 15.1 Å². The van der Waals surface area contributed by atoms with Crippen molar-refractivity contribution >= 4 is 39.1 Å². The molecule has 0 heterocycles. The molecule has 0 radical (unpaired) electrons. The lowest BCUT2D eigenvalue weighted by molar-refractivity contribution is 0.306. The maximum absolute atomic E-state index is 8.75. The third-order valence-corrected chi connectivity index (χ3v) is 3.60. The predicted molar refractivity (Wildman–Crippen MR) is 79.7 cm³/mol. The first-order valence-electron chi connectivity index (χ1n) is 5.36. The zero-order chi connectivity index (χ0) is 13.8. The lowest BCUT2D eigenvalue weighted by Crippen LogP contribution is -1.97. The fourth-order valence-electron chi connectivity index (χ4n) is 1.48. The van der Waals surface area contributed by atoms with Crippen LogP contribution in [-0.4, -0.2) is 0 Å². The molecule has 5 heteroatoms. The van der Waals surface area contributed by atoms with Crippen molar-refractivity contribution in [1.82, 2.24) is 0 Å². The summed E-state index contributed by atoms with van der Waals surface area (Å²) in [5, 5.41) is 9.79. The van der Waals surface area contributed by atoms with Crippen LogP contribution in [0.15, 0.2) is 40.9 Å². The van der Waals surface area contributed by atoms with E-state index in [2.05, 4.69) is 15.9 Å². The second-order valence-corrected chi connectivity index (χ2v) is 5.51. The highest BCUT2D eigenvalue weighted by Crippen LogP contribution is 2.28. The summed E-state index contributed by atoms with van der Waals surface area (Å²) in [7, 11) is 0. The molecule has 0 spiro atoms. The second kappa shape index (κ2) is 6.29. The Kier molecular flexibility index (Phi) is 4.71. The normalized spacial score (nSPS) is 10.0. The van der Waals surface area contributed by atoms with Crippen LogP contribution in [0.3, 0.4) is 0 Å². The number of halogens is 3. The Morgan fingerprint density at radius 3 is 2.53 bits per heavy atom. The Morgan fingerprint density at radius 2 is 1.89 bits per heavy atom. The van der Waals surface area contributed by atoms with E-state index >= 15 is 0 Å². The number of nitriles is 1. The van der Waals surface area contributed by atoms with Gasteiger partial charge in [0.15, 0.2) is 0 Å². The maximum Gasteiger partial charge on any atom is 0.138 e. The molecule has 0 fully saturated rings. The molecular formula is C14H8BrCl2NO. The summed E-state index contributed by atoms with van der Waals surface area (Å²) in [6.45, 7) is 0.317. The summed E-state index contributed by atoms with van der Waals surface area (Å²) < 4.78 is 6.52. The van der Waals surface area contributed by atoms with Crippen molar-refractivity contribution < 1.29 is 4.74 Å². The van der Waals surface area contributed by atoms with Gasteiger partial charge in [-0.25, -0.2) is 0 Å². The summed E-state index contributed by atoms with van der Waals surface area (Å²) in [4.78, 5) is 0. The van der Waals surface area contributed by atoms with Crippen LogP contribution in [0.5, 0.6) is 5.75 Å². The van der Waals surface area contributed by atoms with E-state index in [1.165, 1.54) is 0 Å². The molecule has 0 N–H and O–H groups in total. The van der Waals surface area contributed by atoms with E-state index in [1.807, 2.05) is 18.2 Å². The molecule has 0 atom stereocenters. The van der Waals surface area contributed by atoms with Crippen LogP contribution in [0.25, 0.3) is 0 Å². The van der Waals surface area contributed by atoms with Gasteiger partial charge >= 0.3 is 0 Å². The van der Waals surface area contributed by atoms with Crippen LogP contribution >= 0.6 is 39.1 Å². The van der Waals surface area contributed by atoms with Gasteiger partial charge < -0.3 is 4.74 Å². The van der Waals surface area contributed by atoms with Gasteiger partial charge in [-0.1, -0.05) is 45.2 Å². The molecule has 2 aromatic rings. The molecule has 0 bridgehead atoms. The monoisotopic (exact) mass is 355 g/mol. The lowest BCUT2D eigenvalue weighted by atomic mass is 10.2. The fourth-order valence-corrected chi connectivity index (χ4v) is 2.44. The minimum absolute atomic E-state index is 0.317. The first-order chi connectivity index (χ1) is 9.10. The smallest absolute Gasteiger partial charge is 0.138 e. The topological polar surface area (TPSA) is 33.0 Å². The van der Waals surface area contributed by atoms with Crippen molar-refractivity contribution in [2.75, 3.05) is 0 Å². The highest BCUT2D eigenvalue weighted by Gasteiger charge is 2.06. The summed E-state index contributed by atoms with van der Waals surface area (Å²) in [5.41, 5.74) is 1.37. The summed E-state index contributed by atoms with van der Waals surface area (Å²) >= 11 is 15.5. The van der Waals surface area contributed by atoms with E-state index in [-0.39, 0.29) is 0 Å². The average molecular weight is 357 g/mol. The van der Waals surface area contributed by atoms with Gasteiger partial charge in [-0.15, -0.1) is 0 Å². The lowest BCUT2D eigenvalue weighted by Gasteiger charge is -2.09. The first-order valence-corrected chi connectivity index (χ1v) is 6.91. The van der Waals surface area contributed by atoms with Crippen LogP contribution in [0.2, 0.25) is 10.0 Å². The van der Waals surface area contributed by atoms with Crippen LogP contribution in [0.4, 0.5) is 0 Å². The molecule has 0 saturated carbocycles. The number of ether oxygens (including phenoxy) is 1. The molecule has 0 aromatic heterocycles. The Hall–Kier alpha value is -1.21. The van der Waals surface area contributed by atoms with Gasteiger partial charge in [0.2, 0.25) is 0 Å². The van der Waals surface area contributed by atoms with Gasteiger partial charge in [0.1, 0.15) is 12.4 Å². The van der Waals surface area contributed by atoms with Crippen LogP contribution in [0.1, 0.15) is 11.1 Å². The molecule has 0 unspecified atom stereocenters. The summed E-state index contributed by atoms with van der Waals surface area (Å²) in [6.07, 6.45) is 0. The summed E-state index contributed by atoms with van der Waals surface area (Å²) in [6, 6.07) is 12.5. The minimum Gasteiger partial charge on any atom is -0.487 e. The van der Waals surface area contributed by atoms with Gasteiger partial charge in [-0.2, -0.15) is 5.26 Å². The fraction of sp³-hybridized carbons (Fsp3) is 0.0714. The van der Waals surface area contributed by atoms with Crippen molar-refractivity contribution in [3.8, 4) is 11.8 Å². The van der Waals surface area contributed by atoms with Gasteiger partial charge in [-0.3, -0.25) is 0 Å². The predicted octanol–water partition coefficient (Wildman–Crippen LogP) is 5.21.